The maximum Gasteiger partial charge on any atom is 0.409 e. The lowest BCUT2D eigenvalue weighted by atomic mass is 9.94. The van der Waals surface area contributed by atoms with Crippen LogP contribution in [-0.4, -0.2) is 36.6 Å². The van der Waals surface area contributed by atoms with Crippen molar-refractivity contribution < 1.29 is 14.3 Å². The van der Waals surface area contributed by atoms with Crippen LogP contribution in [0.1, 0.15) is 34.9 Å². The predicted octanol–water partition coefficient (Wildman–Crippen LogP) is 4.28. The maximum absolute atomic E-state index is 12.2. The molecule has 1 aliphatic carbocycles. The molecule has 0 bridgehead atoms. The number of hydrogen-bond acceptors (Lipinski definition) is 6. The lowest BCUT2D eigenvalue weighted by molar-refractivity contribution is -0.111. The Kier molecular flexibility index (Phi) is 6.49. The fraction of sp³-hybridized carbons (Fsp3) is 0.350. The minimum Gasteiger partial charge on any atom is -0.446 e. The highest BCUT2D eigenvalue weighted by Gasteiger charge is 2.28. The summed E-state index contributed by atoms with van der Waals surface area (Å²) in [6.07, 6.45) is 4.56. The van der Waals surface area contributed by atoms with Crippen molar-refractivity contribution in [2.24, 2.45) is 0 Å². The second-order valence-corrected chi connectivity index (χ2v) is 8.35. The molecular formula is C20H21N3O3S2. The highest BCUT2D eigenvalue weighted by molar-refractivity contribution is 7.16. The highest BCUT2D eigenvalue weighted by Crippen LogP contribution is 2.38. The third kappa shape index (κ3) is 4.61. The first-order valence-corrected chi connectivity index (χ1v) is 10.7. The fourth-order valence-corrected chi connectivity index (χ4v) is 4.81. The average Bonchev–Trinajstić information content (AvgIpc) is 3.32. The summed E-state index contributed by atoms with van der Waals surface area (Å²) >= 11 is 2.96. The van der Waals surface area contributed by atoms with Gasteiger partial charge in [-0.3, -0.25) is 4.79 Å². The van der Waals surface area contributed by atoms with Crippen LogP contribution in [0.5, 0.6) is 0 Å². The van der Waals surface area contributed by atoms with Gasteiger partial charge in [-0.2, -0.15) is 16.6 Å². The summed E-state index contributed by atoms with van der Waals surface area (Å²) in [6.45, 7) is 2.48. The molecule has 28 heavy (non-hydrogen) atoms. The summed E-state index contributed by atoms with van der Waals surface area (Å²) < 4.78 is 5.56. The van der Waals surface area contributed by atoms with Crippen LogP contribution in [0.25, 0.3) is 6.08 Å². The zero-order chi connectivity index (χ0) is 20.1. The van der Waals surface area contributed by atoms with Crippen molar-refractivity contribution in [3.63, 3.8) is 0 Å². The summed E-state index contributed by atoms with van der Waals surface area (Å²) in [5.41, 5.74) is 2.45. The summed E-state index contributed by atoms with van der Waals surface area (Å²) in [5, 5.41) is 16.8. The van der Waals surface area contributed by atoms with Gasteiger partial charge < -0.3 is 15.0 Å². The molecule has 0 aromatic carbocycles. The Morgan fingerprint density at radius 3 is 3.00 bits per heavy atom. The molecule has 0 fully saturated rings. The quantitative estimate of drug-likeness (QED) is 0.739. The Balaban J connectivity index is 1.69. The molecule has 0 aliphatic heterocycles. The zero-order valence-electron chi connectivity index (χ0n) is 15.7. The van der Waals surface area contributed by atoms with E-state index >= 15 is 0 Å². The largest absolute Gasteiger partial charge is 0.446 e. The number of nitrogens with zero attached hydrogens (tertiary/aromatic N) is 2. The summed E-state index contributed by atoms with van der Waals surface area (Å²) in [5.74, 6) is -0.270. The van der Waals surface area contributed by atoms with Crippen molar-refractivity contribution >= 4 is 45.8 Å². The molecule has 3 rings (SSSR count). The van der Waals surface area contributed by atoms with E-state index in [4.69, 9.17) is 4.74 Å². The second kappa shape index (κ2) is 9.04. The number of thiophene rings is 2. The van der Waals surface area contributed by atoms with Gasteiger partial charge in [-0.25, -0.2) is 4.79 Å². The van der Waals surface area contributed by atoms with Crippen LogP contribution in [-0.2, 0) is 22.4 Å². The molecule has 2 heterocycles. The number of rotatable bonds is 5. The van der Waals surface area contributed by atoms with Gasteiger partial charge in [0, 0.05) is 31.0 Å². The number of nitrogens with one attached hydrogen (secondary N) is 1. The van der Waals surface area contributed by atoms with Crippen LogP contribution in [0.3, 0.4) is 0 Å². The van der Waals surface area contributed by atoms with Crippen LogP contribution in [0.4, 0.5) is 9.80 Å². The Bertz CT molecular complexity index is 925. The number of carbonyl (C=O) groups is 2. The van der Waals surface area contributed by atoms with Gasteiger partial charge in [-0.1, -0.05) is 0 Å². The molecule has 6 nitrogen and oxygen atoms in total. The fourth-order valence-electron chi connectivity index (χ4n) is 2.92. The van der Waals surface area contributed by atoms with E-state index in [1.165, 1.54) is 22.3 Å². The molecule has 8 heteroatoms. The summed E-state index contributed by atoms with van der Waals surface area (Å²) in [7, 11) is 1.70. The van der Waals surface area contributed by atoms with Crippen molar-refractivity contribution in [1.29, 1.82) is 5.26 Å². The Morgan fingerprint density at radius 1 is 1.50 bits per heavy atom. The predicted molar refractivity (Wildman–Crippen MR) is 112 cm³/mol. The van der Waals surface area contributed by atoms with Gasteiger partial charge in [0.15, 0.2) is 0 Å². The highest BCUT2D eigenvalue weighted by atomic mass is 32.1. The van der Waals surface area contributed by atoms with Crippen LogP contribution in [0.15, 0.2) is 22.9 Å². The van der Waals surface area contributed by atoms with Gasteiger partial charge in [0.25, 0.3) is 0 Å². The Morgan fingerprint density at radius 2 is 2.32 bits per heavy atom. The average molecular weight is 416 g/mol. The number of nitriles is 1. The van der Waals surface area contributed by atoms with E-state index < -0.39 is 0 Å². The van der Waals surface area contributed by atoms with Crippen molar-refractivity contribution in [2.75, 3.05) is 18.9 Å². The van der Waals surface area contributed by atoms with E-state index in [2.05, 4.69) is 11.4 Å². The summed E-state index contributed by atoms with van der Waals surface area (Å²) in [4.78, 5) is 26.7. The standard InChI is InChI=1S/C20H21N3O3S2/c1-3-23(2)20(25)26-14-5-6-15-16(11-21)19(28-17(15)10-14)22-18(24)7-4-13-8-9-27-12-13/h4,7-9,12,14H,3,5-6,10H2,1-2H3,(H,22,24). The molecule has 0 saturated carbocycles. The number of hydrogen-bond donors (Lipinski definition) is 1. The van der Waals surface area contributed by atoms with Gasteiger partial charge in [-0.05, 0) is 53.8 Å². The van der Waals surface area contributed by atoms with E-state index in [1.807, 2.05) is 23.8 Å². The van der Waals surface area contributed by atoms with Gasteiger partial charge in [0.05, 0.1) is 5.56 Å². The number of carbonyl (C=O) groups excluding carboxylic acids is 2. The molecule has 2 aromatic rings. The Labute approximate surface area is 172 Å². The normalized spacial score (nSPS) is 15.7. The molecule has 0 radical (unpaired) electrons. The molecule has 0 saturated heterocycles. The van der Waals surface area contributed by atoms with Crippen molar-refractivity contribution in [1.82, 2.24) is 4.90 Å². The molecule has 1 N–H and O–H groups in total. The molecule has 1 atom stereocenters. The van der Waals surface area contributed by atoms with E-state index in [0.717, 1.165) is 16.0 Å². The van der Waals surface area contributed by atoms with Crippen LogP contribution >= 0.6 is 22.7 Å². The molecule has 0 spiro atoms. The van der Waals surface area contributed by atoms with Crippen molar-refractivity contribution in [3.05, 3.63) is 44.5 Å². The third-order valence-corrected chi connectivity index (χ3v) is 6.46. The number of anilines is 1. The number of ether oxygens (including phenoxy) is 1. The minimum atomic E-state index is -0.333. The Hall–Kier alpha value is -2.63. The molecule has 1 unspecified atom stereocenters. The molecule has 2 aromatic heterocycles. The number of amides is 2. The molecular weight excluding hydrogens is 394 g/mol. The first kappa shape index (κ1) is 20.1. The topological polar surface area (TPSA) is 82.4 Å². The van der Waals surface area contributed by atoms with Crippen LogP contribution in [0, 0.1) is 11.3 Å². The minimum absolute atomic E-state index is 0.207. The van der Waals surface area contributed by atoms with Crippen LogP contribution < -0.4 is 5.32 Å². The lowest BCUT2D eigenvalue weighted by Gasteiger charge is -2.24. The van der Waals surface area contributed by atoms with Gasteiger partial charge in [0.1, 0.15) is 17.2 Å². The van der Waals surface area contributed by atoms with E-state index in [0.29, 0.717) is 36.4 Å². The smallest absolute Gasteiger partial charge is 0.409 e. The van der Waals surface area contributed by atoms with Crippen LogP contribution in [0.2, 0.25) is 0 Å². The van der Waals surface area contributed by atoms with Gasteiger partial charge in [0.2, 0.25) is 5.91 Å². The molecule has 2 amide bonds. The lowest BCUT2D eigenvalue weighted by Crippen LogP contribution is -2.33. The third-order valence-electron chi connectivity index (χ3n) is 4.59. The van der Waals surface area contributed by atoms with Gasteiger partial charge >= 0.3 is 6.09 Å². The van der Waals surface area contributed by atoms with Gasteiger partial charge in [-0.15, -0.1) is 11.3 Å². The second-order valence-electron chi connectivity index (χ2n) is 6.46. The van der Waals surface area contributed by atoms with E-state index in [1.54, 1.807) is 24.5 Å². The molecule has 146 valence electrons. The van der Waals surface area contributed by atoms with E-state index in [-0.39, 0.29) is 18.1 Å². The van der Waals surface area contributed by atoms with Crippen molar-refractivity contribution in [2.45, 2.75) is 32.3 Å². The number of fused-ring (bicyclic) bond motifs is 1. The SMILES string of the molecule is CCN(C)C(=O)OC1CCc2c(sc(NC(=O)C=Cc3ccsc3)c2C#N)C1. The summed E-state index contributed by atoms with van der Waals surface area (Å²) in [6, 6.07) is 4.15. The van der Waals surface area contributed by atoms with Crippen molar-refractivity contribution in [3.8, 4) is 6.07 Å². The maximum atomic E-state index is 12.2. The zero-order valence-corrected chi connectivity index (χ0v) is 17.4. The first-order valence-electron chi connectivity index (χ1n) is 8.99. The monoisotopic (exact) mass is 415 g/mol. The first-order chi connectivity index (χ1) is 13.5. The molecule has 1 aliphatic rings. The van der Waals surface area contributed by atoms with E-state index in [9.17, 15) is 14.9 Å².